The number of phosphoric ester groups is 1. The Morgan fingerprint density at radius 1 is 0.894 bits per heavy atom. The maximum absolute atomic E-state index is 15.8. The summed E-state index contributed by atoms with van der Waals surface area (Å²) in [7, 11) is -18.6. The maximum atomic E-state index is 15.8. The summed E-state index contributed by atoms with van der Waals surface area (Å²) in [5.74, 6) is -9.75. The van der Waals surface area contributed by atoms with Crippen LogP contribution in [-0.2, 0) is 84.7 Å². The number of benzene rings is 3. The Hall–Kier alpha value is -6.95. The van der Waals surface area contributed by atoms with Gasteiger partial charge < -0.3 is 24.2 Å². The first-order valence-electron chi connectivity index (χ1n) is 28.0. The number of rotatable bonds is 23. The molecule has 22 nitrogen and oxygen atoms in total. The first kappa shape index (κ1) is 72.9. The lowest BCUT2D eigenvalue weighted by Gasteiger charge is -2.31. The lowest BCUT2D eigenvalue weighted by molar-refractivity contribution is -0.143. The number of hydrogen-bond acceptors (Lipinski definition) is 15. The zero-order valence-electron chi connectivity index (χ0n) is 50.9. The SMILES string of the molecule is CCOP(=O)(CNC(=O)c1cc(C)c(C(C)(C)CC(=O)N(c2nn(CC(F)(F)F)c3c(-c4ccc(C#CC(C)(C)S(C)(=O)=O)nc4[C@H](Cc4cc(F)cc(F)c4)NC(=O)Cn4nc(C(F)(F)F)c5c4C(F)(F)C4C[C@H]54)ccc(Cl)c23)S(C)(=O)=O)c(OP(=O)(O)O)c1)OCC. The molecule has 0 spiro atoms. The van der Waals surface area contributed by atoms with Gasteiger partial charge in [0.1, 0.15) is 52.9 Å². The van der Waals surface area contributed by atoms with Crippen molar-refractivity contribution < 1.29 is 108 Å². The summed E-state index contributed by atoms with van der Waals surface area (Å²) in [4.78, 5) is 67.6. The number of aromatic nitrogens is 5. The fraction of sp³-hybridized carbons (Fsp3) is 0.439. The van der Waals surface area contributed by atoms with Crippen LogP contribution in [0.1, 0.15) is 122 Å². The van der Waals surface area contributed by atoms with Gasteiger partial charge in [-0.1, -0.05) is 37.4 Å². The van der Waals surface area contributed by atoms with Gasteiger partial charge in [-0.2, -0.15) is 49.6 Å². The Morgan fingerprint density at radius 3 is 2.07 bits per heavy atom. The van der Waals surface area contributed by atoms with Crippen LogP contribution in [0.15, 0.2) is 54.6 Å². The number of carbonyl (C=O) groups excluding carboxylic acids is 3. The van der Waals surface area contributed by atoms with E-state index in [1.54, 1.807) is 0 Å². The second kappa shape index (κ2) is 25.9. The molecule has 1 unspecified atom stereocenters. The normalized spacial score (nSPS) is 16.2. The number of nitrogens with one attached hydrogen (secondary N) is 2. The number of anilines is 1. The highest BCUT2D eigenvalue weighted by molar-refractivity contribution is 7.93. The van der Waals surface area contributed by atoms with Crippen molar-refractivity contribution in [1.82, 2.24) is 35.2 Å². The fourth-order valence-corrected chi connectivity index (χ4v) is 14.3. The molecule has 4 N–H and O–H groups in total. The minimum Gasteiger partial charge on any atom is -0.404 e. The van der Waals surface area contributed by atoms with E-state index in [9.17, 15) is 58.5 Å². The molecule has 3 aromatic carbocycles. The van der Waals surface area contributed by atoms with Crippen LogP contribution in [0.25, 0.3) is 22.0 Å². The number of carbonyl (C=O) groups is 3. The molecule has 0 radical (unpaired) electrons. The first-order valence-corrected chi connectivity index (χ1v) is 35.4. The van der Waals surface area contributed by atoms with E-state index in [1.165, 1.54) is 54.5 Å². The molecule has 3 aromatic heterocycles. The maximum Gasteiger partial charge on any atom is 0.524 e. The molecule has 510 valence electrons. The van der Waals surface area contributed by atoms with Crippen LogP contribution >= 0.6 is 27.0 Å². The Labute approximate surface area is 535 Å². The van der Waals surface area contributed by atoms with E-state index in [0.717, 1.165) is 48.7 Å². The fourth-order valence-electron chi connectivity index (χ4n) is 11.1. The van der Waals surface area contributed by atoms with Crippen molar-refractivity contribution in [3.05, 3.63) is 122 Å². The quantitative estimate of drug-likeness (QED) is 0.0263. The molecule has 3 heterocycles. The number of aryl methyl sites for hydroxylation is 1. The van der Waals surface area contributed by atoms with Gasteiger partial charge in [0.25, 0.3) is 11.8 Å². The molecule has 3 atom stereocenters. The monoisotopic (exact) mass is 1430 g/mol. The zero-order valence-corrected chi connectivity index (χ0v) is 55.1. The Morgan fingerprint density at radius 2 is 1.51 bits per heavy atom. The Bertz CT molecular complexity index is 4440. The molecular weight excluding hydrogens is 1370 g/mol. The van der Waals surface area contributed by atoms with Crippen molar-refractivity contribution in [1.29, 1.82) is 0 Å². The molecule has 8 rings (SSSR count). The minimum atomic E-state index is -5.58. The second-order valence-corrected chi connectivity index (χ2v) is 31.4. The summed E-state index contributed by atoms with van der Waals surface area (Å²) in [5, 5.41) is 10.9. The molecule has 2 aliphatic carbocycles. The Kier molecular flexibility index (Phi) is 20.1. The van der Waals surface area contributed by atoms with E-state index < -0.39 is 204 Å². The molecule has 1 fully saturated rings. The lowest BCUT2D eigenvalue weighted by atomic mass is 9.78. The van der Waals surface area contributed by atoms with E-state index in [-0.39, 0.29) is 61.3 Å². The number of hydrogen-bond donors (Lipinski definition) is 4. The predicted octanol–water partition coefficient (Wildman–Crippen LogP) is 10.7. The van der Waals surface area contributed by atoms with E-state index >= 15 is 35.5 Å². The molecule has 0 bridgehead atoms. The van der Waals surface area contributed by atoms with Crippen LogP contribution in [0.5, 0.6) is 5.75 Å². The molecule has 6 aromatic rings. The number of sulfonamides is 1. The summed E-state index contributed by atoms with van der Waals surface area (Å²) < 4.78 is 243. The number of sulfone groups is 1. The van der Waals surface area contributed by atoms with Crippen LogP contribution < -0.4 is 19.5 Å². The van der Waals surface area contributed by atoms with Crippen molar-refractivity contribution in [2.45, 2.75) is 121 Å². The van der Waals surface area contributed by atoms with Gasteiger partial charge in [0.15, 0.2) is 21.3 Å². The van der Waals surface area contributed by atoms with Gasteiger partial charge in [0.05, 0.1) is 47.1 Å². The average Bonchev–Trinajstić information content (AvgIpc) is 1.52. The van der Waals surface area contributed by atoms with Gasteiger partial charge >= 0.3 is 27.8 Å². The van der Waals surface area contributed by atoms with Crippen LogP contribution in [0.3, 0.4) is 0 Å². The molecule has 94 heavy (non-hydrogen) atoms. The van der Waals surface area contributed by atoms with Crippen LogP contribution in [0.4, 0.5) is 49.7 Å². The number of phosphoric acid groups is 1. The molecule has 0 aliphatic heterocycles. The number of alkyl halides is 8. The first-order chi connectivity index (χ1) is 43.1. The van der Waals surface area contributed by atoms with E-state index in [0.29, 0.717) is 12.3 Å². The number of fused-ring (bicyclic) bond motifs is 4. The second-order valence-electron chi connectivity index (χ2n) is 23.4. The lowest BCUT2D eigenvalue weighted by Crippen LogP contribution is -2.40. The smallest absolute Gasteiger partial charge is 0.404 e. The third kappa shape index (κ3) is 15.8. The van der Waals surface area contributed by atoms with Gasteiger partial charge in [0, 0.05) is 57.9 Å². The van der Waals surface area contributed by atoms with Crippen LogP contribution in [0.2, 0.25) is 5.02 Å². The summed E-state index contributed by atoms with van der Waals surface area (Å²) in [6.07, 6.45) is -12.1. The number of amides is 3. The average molecular weight is 1430 g/mol. The molecule has 0 saturated heterocycles. The molecule has 1 saturated carbocycles. The number of pyridine rings is 1. The molecule has 2 aliphatic rings. The largest absolute Gasteiger partial charge is 0.524 e. The van der Waals surface area contributed by atoms with Crippen LogP contribution in [-0.4, -0.2) is 112 Å². The van der Waals surface area contributed by atoms with E-state index in [1.807, 2.05) is 0 Å². The summed E-state index contributed by atoms with van der Waals surface area (Å²) in [5.41, 5.74) is -9.05. The standard InChI is InChI=1S/C57H59ClF10N8O14P2S2/c1-10-88-91(80,89-11-2)28-69-52(79)31-18-29(3)46(41(22-31)90-92(81,82)83)53(4,5)25-43(78)76(94(9,86)87)51-45-39(58)15-14-36(48(45)75(73-51)27-55(61,62)63)35-13-12-34(16-17-54(6,7)93(8,84)85)70-47(35)40(21-30-19-32(59)23-33(60)20-30)71-42(77)26-74-50-44(49(72-74)57(66,67)68)37-24-38(37)56(50,64)65/h12-15,18-20,22-23,37-38,40H,10-11,21,24-28H2,1-9H3,(H,69,79)(H,71,77)(H2,81,82,83)/t37-,38?,40-/m0/s1. The van der Waals surface area contributed by atoms with Crippen molar-refractivity contribution in [3.8, 4) is 28.7 Å². The highest BCUT2D eigenvalue weighted by Gasteiger charge is 2.68. The van der Waals surface area contributed by atoms with Crippen LogP contribution in [0, 0.1) is 36.3 Å². The summed E-state index contributed by atoms with van der Waals surface area (Å²) in [6, 6.07) is 6.34. The summed E-state index contributed by atoms with van der Waals surface area (Å²) in [6.45, 7) is 5.62. The topological polar surface area (TPSA) is 298 Å². The summed E-state index contributed by atoms with van der Waals surface area (Å²) >= 11 is 6.83. The predicted molar refractivity (Wildman–Crippen MR) is 320 cm³/mol. The minimum absolute atomic E-state index is 0.0125. The van der Waals surface area contributed by atoms with Crippen molar-refractivity contribution >= 4 is 81.3 Å². The highest BCUT2D eigenvalue weighted by atomic mass is 35.5. The molecule has 37 heteroatoms. The van der Waals surface area contributed by atoms with Gasteiger partial charge in [-0.25, -0.2) is 35.2 Å². The van der Waals surface area contributed by atoms with Gasteiger partial charge in [-0.15, -0.1) is 0 Å². The van der Waals surface area contributed by atoms with E-state index in [4.69, 9.17) is 25.2 Å². The molecular formula is C57H59ClF10N8O14P2S2. The van der Waals surface area contributed by atoms with Gasteiger partial charge in [-0.3, -0.25) is 38.1 Å². The van der Waals surface area contributed by atoms with Gasteiger partial charge in [-0.05, 0) is 113 Å². The van der Waals surface area contributed by atoms with Crippen molar-refractivity contribution in [2.75, 3.05) is 36.3 Å². The van der Waals surface area contributed by atoms with Gasteiger partial charge in [0.2, 0.25) is 21.8 Å². The third-order valence-corrected chi connectivity index (χ3v) is 20.8. The zero-order chi connectivity index (χ0) is 70.2. The molecule has 3 amide bonds. The number of nitrogens with zero attached hydrogens (tertiary/aromatic N) is 6. The van der Waals surface area contributed by atoms with Crippen molar-refractivity contribution in [3.63, 3.8) is 0 Å². The van der Waals surface area contributed by atoms with E-state index in [2.05, 4.69) is 37.7 Å². The number of halogens is 11. The Balaban J connectivity index is 1.31. The van der Waals surface area contributed by atoms with Crippen molar-refractivity contribution in [2.24, 2.45) is 5.92 Å². The highest BCUT2D eigenvalue weighted by Crippen LogP contribution is 2.68. The third-order valence-electron chi connectivity index (χ3n) is 15.2.